The van der Waals surface area contributed by atoms with Crippen LogP contribution in [0.3, 0.4) is 0 Å². The van der Waals surface area contributed by atoms with Crippen molar-refractivity contribution in [3.8, 4) is 0 Å². The van der Waals surface area contributed by atoms with Crippen molar-refractivity contribution in [2.45, 2.75) is 11.3 Å². The Hall–Kier alpha value is -0.720. The van der Waals surface area contributed by atoms with Crippen molar-refractivity contribution in [3.05, 3.63) is 24.3 Å². The first kappa shape index (κ1) is 15.3. The van der Waals surface area contributed by atoms with Crippen molar-refractivity contribution in [2.75, 3.05) is 38.0 Å². The molecule has 0 amide bonds. The molecule has 0 bridgehead atoms. The summed E-state index contributed by atoms with van der Waals surface area (Å²) in [5.74, 6) is 1.13. The largest absolute Gasteiger partial charge is 0.385 e. The van der Waals surface area contributed by atoms with Gasteiger partial charge in [-0.05, 0) is 42.7 Å². The van der Waals surface area contributed by atoms with Crippen LogP contribution in [0.1, 0.15) is 6.42 Å². The van der Waals surface area contributed by atoms with Crippen LogP contribution in [-0.2, 0) is 10.0 Å². The quantitative estimate of drug-likeness (QED) is 0.781. The van der Waals surface area contributed by atoms with E-state index < -0.39 is 10.0 Å². The molecule has 0 spiro atoms. The maximum absolute atomic E-state index is 11.8. The average molecular weight is 288 g/mol. The van der Waals surface area contributed by atoms with Gasteiger partial charge in [0, 0.05) is 26.3 Å². The Balaban J connectivity index is 2.63. The minimum Gasteiger partial charge on any atom is -0.385 e. The molecule has 0 fully saturated rings. The molecule has 0 aromatic heterocycles. The van der Waals surface area contributed by atoms with E-state index in [1.54, 1.807) is 24.3 Å². The van der Waals surface area contributed by atoms with Crippen LogP contribution in [0.25, 0.3) is 0 Å². The molecule has 6 heteroatoms. The normalized spacial score (nSPS) is 11.8. The van der Waals surface area contributed by atoms with Gasteiger partial charge in [-0.15, -0.1) is 0 Å². The Labute approximate surface area is 114 Å². The fourth-order valence-corrected chi connectivity index (χ4v) is 2.74. The van der Waals surface area contributed by atoms with Crippen molar-refractivity contribution < 1.29 is 8.42 Å². The third-order valence-corrected chi connectivity index (χ3v) is 5.01. The summed E-state index contributed by atoms with van der Waals surface area (Å²) >= 11 is 1.82. The number of anilines is 1. The molecule has 0 aliphatic heterocycles. The van der Waals surface area contributed by atoms with E-state index in [0.717, 1.165) is 24.4 Å². The third kappa shape index (κ3) is 4.19. The van der Waals surface area contributed by atoms with E-state index in [-0.39, 0.29) is 0 Å². The highest BCUT2D eigenvalue weighted by atomic mass is 32.2. The summed E-state index contributed by atoms with van der Waals surface area (Å²) < 4.78 is 24.9. The van der Waals surface area contributed by atoms with Crippen molar-refractivity contribution >= 4 is 27.5 Å². The Morgan fingerprint density at radius 2 is 1.83 bits per heavy atom. The van der Waals surface area contributed by atoms with Crippen molar-refractivity contribution in [3.63, 3.8) is 0 Å². The number of benzene rings is 1. The van der Waals surface area contributed by atoms with Gasteiger partial charge in [-0.25, -0.2) is 12.7 Å². The summed E-state index contributed by atoms with van der Waals surface area (Å²) in [6, 6.07) is 6.86. The van der Waals surface area contributed by atoms with Gasteiger partial charge in [0.05, 0.1) is 4.90 Å². The van der Waals surface area contributed by atoms with E-state index in [0.29, 0.717) is 4.90 Å². The third-order valence-electron chi connectivity index (χ3n) is 2.49. The van der Waals surface area contributed by atoms with Crippen molar-refractivity contribution in [1.82, 2.24) is 4.31 Å². The first-order chi connectivity index (χ1) is 8.48. The lowest BCUT2D eigenvalue weighted by Crippen LogP contribution is -2.22. The standard InChI is InChI=1S/C12H20N2O2S2/c1-14(2)18(15,16)12-7-5-11(6-8-12)13-9-4-10-17-3/h5-8,13H,4,9-10H2,1-3H3. The van der Waals surface area contributed by atoms with Gasteiger partial charge in [-0.1, -0.05) is 0 Å². The highest BCUT2D eigenvalue weighted by Crippen LogP contribution is 2.16. The number of nitrogens with one attached hydrogen (secondary N) is 1. The van der Waals surface area contributed by atoms with E-state index in [9.17, 15) is 8.42 Å². The molecular formula is C12H20N2O2S2. The lowest BCUT2D eigenvalue weighted by Gasteiger charge is -2.12. The molecule has 0 unspecified atom stereocenters. The van der Waals surface area contributed by atoms with Crippen LogP contribution < -0.4 is 5.32 Å². The fourth-order valence-electron chi connectivity index (χ4n) is 1.40. The molecule has 0 saturated carbocycles. The van der Waals surface area contributed by atoms with Gasteiger partial charge < -0.3 is 5.32 Å². The zero-order chi connectivity index (χ0) is 13.6. The van der Waals surface area contributed by atoms with Gasteiger partial charge in [0.25, 0.3) is 0 Å². The molecule has 1 rings (SSSR count). The highest BCUT2D eigenvalue weighted by molar-refractivity contribution is 7.98. The SMILES string of the molecule is CSCCCNc1ccc(S(=O)(=O)N(C)C)cc1. The smallest absolute Gasteiger partial charge is 0.242 e. The molecule has 1 aromatic rings. The summed E-state index contributed by atoms with van der Waals surface area (Å²) in [5.41, 5.74) is 0.953. The molecule has 0 radical (unpaired) electrons. The minimum atomic E-state index is -3.32. The number of thioether (sulfide) groups is 1. The molecule has 102 valence electrons. The van der Waals surface area contributed by atoms with E-state index in [1.807, 2.05) is 11.8 Å². The average Bonchev–Trinajstić information content (AvgIpc) is 2.35. The van der Waals surface area contributed by atoms with E-state index in [2.05, 4.69) is 11.6 Å². The number of sulfonamides is 1. The summed E-state index contributed by atoms with van der Waals surface area (Å²) in [5, 5.41) is 3.27. The molecule has 0 aliphatic carbocycles. The second kappa shape index (κ2) is 7.01. The van der Waals surface area contributed by atoms with Gasteiger partial charge in [0.15, 0.2) is 0 Å². The first-order valence-corrected chi connectivity index (χ1v) is 8.57. The number of hydrogen-bond acceptors (Lipinski definition) is 4. The molecule has 1 aromatic carbocycles. The van der Waals surface area contributed by atoms with Gasteiger partial charge in [-0.3, -0.25) is 0 Å². The van der Waals surface area contributed by atoms with Gasteiger partial charge in [0.1, 0.15) is 0 Å². The maximum atomic E-state index is 11.8. The first-order valence-electron chi connectivity index (χ1n) is 5.74. The molecule has 0 heterocycles. The Morgan fingerprint density at radius 1 is 1.22 bits per heavy atom. The zero-order valence-electron chi connectivity index (χ0n) is 11.0. The van der Waals surface area contributed by atoms with Gasteiger partial charge in [0.2, 0.25) is 10.0 Å². The van der Waals surface area contributed by atoms with Gasteiger partial charge in [-0.2, -0.15) is 11.8 Å². The van der Waals surface area contributed by atoms with Crippen molar-refractivity contribution in [1.29, 1.82) is 0 Å². The van der Waals surface area contributed by atoms with Crippen LogP contribution >= 0.6 is 11.8 Å². The predicted molar refractivity (Wildman–Crippen MR) is 78.8 cm³/mol. The fraction of sp³-hybridized carbons (Fsp3) is 0.500. The highest BCUT2D eigenvalue weighted by Gasteiger charge is 2.16. The summed E-state index contributed by atoms with van der Waals surface area (Å²) in [6.45, 7) is 0.903. The lowest BCUT2D eigenvalue weighted by molar-refractivity contribution is 0.521. The second-order valence-corrected chi connectivity index (χ2v) is 7.22. The minimum absolute atomic E-state index is 0.321. The topological polar surface area (TPSA) is 49.4 Å². The molecule has 0 atom stereocenters. The lowest BCUT2D eigenvalue weighted by atomic mass is 10.3. The predicted octanol–water partition coefficient (Wildman–Crippen LogP) is 2.10. The molecule has 0 aliphatic rings. The molecular weight excluding hydrogens is 268 g/mol. The summed E-state index contributed by atoms with van der Waals surface area (Å²) in [7, 11) is -0.257. The van der Waals surface area contributed by atoms with Crippen LogP contribution in [-0.4, -0.2) is 45.4 Å². The number of rotatable bonds is 7. The van der Waals surface area contributed by atoms with Crippen LogP contribution in [0.4, 0.5) is 5.69 Å². The van der Waals surface area contributed by atoms with E-state index >= 15 is 0 Å². The summed E-state index contributed by atoms with van der Waals surface area (Å²) in [4.78, 5) is 0.321. The number of nitrogens with zero attached hydrogens (tertiary/aromatic N) is 1. The molecule has 18 heavy (non-hydrogen) atoms. The second-order valence-electron chi connectivity index (χ2n) is 4.08. The Bertz CT molecular complexity index is 455. The maximum Gasteiger partial charge on any atom is 0.242 e. The molecule has 0 saturated heterocycles. The van der Waals surface area contributed by atoms with Crippen LogP contribution in [0, 0.1) is 0 Å². The Kier molecular flexibility index (Phi) is 5.98. The molecule has 4 nitrogen and oxygen atoms in total. The number of hydrogen-bond donors (Lipinski definition) is 1. The van der Waals surface area contributed by atoms with Crippen LogP contribution in [0.15, 0.2) is 29.2 Å². The van der Waals surface area contributed by atoms with E-state index in [1.165, 1.54) is 18.4 Å². The zero-order valence-corrected chi connectivity index (χ0v) is 12.6. The van der Waals surface area contributed by atoms with Crippen LogP contribution in [0.5, 0.6) is 0 Å². The van der Waals surface area contributed by atoms with Crippen molar-refractivity contribution in [2.24, 2.45) is 0 Å². The van der Waals surface area contributed by atoms with Crippen LogP contribution in [0.2, 0.25) is 0 Å². The van der Waals surface area contributed by atoms with Gasteiger partial charge >= 0.3 is 0 Å². The molecule has 1 N–H and O–H groups in total. The monoisotopic (exact) mass is 288 g/mol. The Morgan fingerprint density at radius 3 is 2.33 bits per heavy atom. The summed E-state index contributed by atoms with van der Waals surface area (Å²) in [6.07, 6.45) is 3.18. The van der Waals surface area contributed by atoms with E-state index in [4.69, 9.17) is 0 Å².